The molecule has 0 atom stereocenters. The van der Waals surface area contributed by atoms with Crippen LogP contribution < -0.4 is 10.6 Å². The largest absolute Gasteiger partial charge is 0.399 e. The van der Waals surface area contributed by atoms with E-state index in [1.165, 1.54) is 0 Å². The van der Waals surface area contributed by atoms with Crippen LogP contribution in [0.1, 0.15) is 20.3 Å². The summed E-state index contributed by atoms with van der Waals surface area (Å²) >= 11 is 6.16. The molecule has 0 aliphatic rings. The van der Waals surface area contributed by atoms with E-state index >= 15 is 0 Å². The number of halogens is 1. The Morgan fingerprint density at radius 2 is 2.12 bits per heavy atom. The Morgan fingerprint density at radius 3 is 2.62 bits per heavy atom. The molecular weight excluding hydrogens is 224 g/mol. The maximum absolute atomic E-state index is 8.88. The summed E-state index contributed by atoms with van der Waals surface area (Å²) in [4.78, 5) is 2.16. The molecule has 3 N–H and O–H groups in total. The van der Waals surface area contributed by atoms with E-state index in [1.54, 1.807) is 6.07 Å². The molecule has 4 heteroatoms. The van der Waals surface area contributed by atoms with Gasteiger partial charge in [0.05, 0.1) is 10.7 Å². The highest BCUT2D eigenvalue weighted by Crippen LogP contribution is 2.29. The van der Waals surface area contributed by atoms with E-state index in [-0.39, 0.29) is 6.61 Å². The van der Waals surface area contributed by atoms with Crippen LogP contribution in [0.25, 0.3) is 0 Å². The SMILES string of the molecule is CC(C)N(CCCO)c1ccc(N)cc1Cl. The van der Waals surface area contributed by atoms with Crippen LogP contribution in [0.4, 0.5) is 11.4 Å². The Balaban J connectivity index is 2.92. The first kappa shape index (κ1) is 13.1. The second-order valence-electron chi connectivity index (χ2n) is 4.08. The maximum Gasteiger partial charge on any atom is 0.0660 e. The van der Waals surface area contributed by atoms with Crippen molar-refractivity contribution < 1.29 is 5.11 Å². The minimum atomic E-state index is 0.190. The molecule has 1 rings (SSSR count). The smallest absolute Gasteiger partial charge is 0.0660 e. The van der Waals surface area contributed by atoms with Crippen molar-refractivity contribution in [2.24, 2.45) is 0 Å². The highest BCUT2D eigenvalue weighted by molar-refractivity contribution is 6.33. The van der Waals surface area contributed by atoms with E-state index in [9.17, 15) is 0 Å². The number of nitrogen functional groups attached to an aromatic ring is 1. The predicted molar refractivity (Wildman–Crippen MR) is 70.0 cm³/mol. The lowest BCUT2D eigenvalue weighted by Crippen LogP contribution is -2.32. The molecule has 0 unspecified atom stereocenters. The number of aliphatic hydroxyl groups excluding tert-OH is 1. The zero-order valence-electron chi connectivity index (χ0n) is 9.78. The van der Waals surface area contributed by atoms with Crippen LogP contribution in [0, 0.1) is 0 Å². The van der Waals surface area contributed by atoms with Crippen LogP contribution in [-0.4, -0.2) is 24.3 Å². The molecule has 0 aliphatic carbocycles. The molecular formula is C12H19ClN2O. The van der Waals surface area contributed by atoms with E-state index in [1.807, 2.05) is 12.1 Å². The fraction of sp³-hybridized carbons (Fsp3) is 0.500. The predicted octanol–water partition coefficient (Wildman–Crippen LogP) is 2.52. The second kappa shape index (κ2) is 5.97. The number of anilines is 2. The number of aliphatic hydroxyl groups is 1. The van der Waals surface area contributed by atoms with Gasteiger partial charge in [0.25, 0.3) is 0 Å². The van der Waals surface area contributed by atoms with Crippen LogP contribution in [0.5, 0.6) is 0 Å². The van der Waals surface area contributed by atoms with Crippen LogP contribution in [-0.2, 0) is 0 Å². The molecule has 0 fully saturated rings. The number of hydrogen-bond donors (Lipinski definition) is 2. The van der Waals surface area contributed by atoms with Crippen molar-refractivity contribution >= 4 is 23.0 Å². The molecule has 0 saturated carbocycles. The Morgan fingerprint density at radius 1 is 1.44 bits per heavy atom. The normalized spacial score (nSPS) is 10.8. The first-order valence-corrected chi connectivity index (χ1v) is 5.86. The second-order valence-corrected chi connectivity index (χ2v) is 4.48. The van der Waals surface area contributed by atoms with E-state index in [4.69, 9.17) is 22.4 Å². The standard InChI is InChI=1S/C12H19ClN2O/c1-9(2)15(6-3-7-16)12-5-4-10(14)8-11(12)13/h4-5,8-9,16H,3,6-7,14H2,1-2H3. The van der Waals surface area contributed by atoms with Crippen molar-refractivity contribution in [3.8, 4) is 0 Å². The minimum absolute atomic E-state index is 0.190. The third-order valence-corrected chi connectivity index (χ3v) is 2.76. The average molecular weight is 243 g/mol. The van der Waals surface area contributed by atoms with Gasteiger partial charge < -0.3 is 15.7 Å². The summed E-state index contributed by atoms with van der Waals surface area (Å²) in [5, 5.41) is 9.54. The summed E-state index contributed by atoms with van der Waals surface area (Å²) in [5.74, 6) is 0. The Labute approximate surface area is 102 Å². The van der Waals surface area contributed by atoms with Crippen molar-refractivity contribution in [3.63, 3.8) is 0 Å². The van der Waals surface area contributed by atoms with Crippen molar-refractivity contribution in [3.05, 3.63) is 23.2 Å². The first-order chi connectivity index (χ1) is 7.56. The molecule has 0 bridgehead atoms. The highest BCUT2D eigenvalue weighted by atomic mass is 35.5. The number of nitrogens with two attached hydrogens (primary N) is 1. The molecule has 0 amide bonds. The van der Waals surface area contributed by atoms with Gasteiger partial charge in [-0.05, 0) is 38.5 Å². The molecule has 1 aromatic rings. The minimum Gasteiger partial charge on any atom is -0.399 e. The summed E-state index contributed by atoms with van der Waals surface area (Å²) < 4.78 is 0. The van der Waals surface area contributed by atoms with Crippen molar-refractivity contribution in [2.75, 3.05) is 23.8 Å². The topological polar surface area (TPSA) is 49.5 Å². The zero-order valence-corrected chi connectivity index (χ0v) is 10.5. The molecule has 3 nitrogen and oxygen atoms in total. The summed E-state index contributed by atoms with van der Waals surface area (Å²) in [6.07, 6.45) is 0.735. The third kappa shape index (κ3) is 3.29. The van der Waals surface area contributed by atoms with Gasteiger partial charge in [-0.25, -0.2) is 0 Å². The molecule has 0 heterocycles. The van der Waals surface area contributed by atoms with Gasteiger partial charge in [0.15, 0.2) is 0 Å². The van der Waals surface area contributed by atoms with E-state index in [2.05, 4.69) is 18.7 Å². The van der Waals surface area contributed by atoms with Gasteiger partial charge in [0.2, 0.25) is 0 Å². The molecule has 1 aromatic carbocycles. The van der Waals surface area contributed by atoms with Crippen molar-refractivity contribution in [1.82, 2.24) is 0 Å². The third-order valence-electron chi connectivity index (χ3n) is 2.46. The number of hydrogen-bond acceptors (Lipinski definition) is 3. The summed E-state index contributed by atoms with van der Waals surface area (Å²) in [6.45, 7) is 5.18. The van der Waals surface area contributed by atoms with E-state index < -0.39 is 0 Å². The summed E-state index contributed by atoms with van der Waals surface area (Å²) in [5.41, 5.74) is 7.30. The molecule has 0 saturated heterocycles. The average Bonchev–Trinajstić information content (AvgIpc) is 2.20. The van der Waals surface area contributed by atoms with Crippen LogP contribution >= 0.6 is 11.6 Å². The van der Waals surface area contributed by atoms with Gasteiger partial charge in [-0.3, -0.25) is 0 Å². The van der Waals surface area contributed by atoms with Gasteiger partial charge in [-0.1, -0.05) is 11.6 Å². The zero-order chi connectivity index (χ0) is 12.1. The lowest BCUT2D eigenvalue weighted by atomic mass is 10.2. The van der Waals surface area contributed by atoms with Gasteiger partial charge >= 0.3 is 0 Å². The molecule has 16 heavy (non-hydrogen) atoms. The van der Waals surface area contributed by atoms with Crippen LogP contribution in [0.2, 0.25) is 5.02 Å². The summed E-state index contributed by atoms with van der Waals surface area (Å²) in [6, 6.07) is 5.86. The lowest BCUT2D eigenvalue weighted by molar-refractivity contribution is 0.288. The maximum atomic E-state index is 8.88. The van der Waals surface area contributed by atoms with E-state index in [0.717, 1.165) is 18.7 Å². The molecule has 0 aliphatic heterocycles. The van der Waals surface area contributed by atoms with Crippen LogP contribution in [0.15, 0.2) is 18.2 Å². The number of nitrogens with zero attached hydrogens (tertiary/aromatic N) is 1. The highest BCUT2D eigenvalue weighted by Gasteiger charge is 2.13. The molecule has 90 valence electrons. The van der Waals surface area contributed by atoms with Gasteiger partial charge in [-0.15, -0.1) is 0 Å². The molecule has 0 radical (unpaired) electrons. The summed E-state index contributed by atoms with van der Waals surface area (Å²) in [7, 11) is 0. The van der Waals surface area contributed by atoms with Gasteiger partial charge in [0.1, 0.15) is 0 Å². The van der Waals surface area contributed by atoms with E-state index in [0.29, 0.717) is 16.8 Å². The van der Waals surface area contributed by atoms with Crippen LogP contribution in [0.3, 0.4) is 0 Å². The fourth-order valence-electron chi connectivity index (χ4n) is 1.65. The fourth-order valence-corrected chi connectivity index (χ4v) is 1.95. The Hall–Kier alpha value is -0.930. The quantitative estimate of drug-likeness (QED) is 0.781. The molecule has 0 spiro atoms. The first-order valence-electron chi connectivity index (χ1n) is 5.48. The Bertz CT molecular complexity index is 342. The molecule has 0 aromatic heterocycles. The monoisotopic (exact) mass is 242 g/mol. The number of rotatable bonds is 5. The van der Waals surface area contributed by atoms with Crippen molar-refractivity contribution in [2.45, 2.75) is 26.3 Å². The van der Waals surface area contributed by atoms with Crippen molar-refractivity contribution in [1.29, 1.82) is 0 Å². The van der Waals surface area contributed by atoms with Gasteiger partial charge in [-0.2, -0.15) is 0 Å². The number of benzene rings is 1. The Kier molecular flexibility index (Phi) is 4.90. The lowest BCUT2D eigenvalue weighted by Gasteiger charge is -2.29. The van der Waals surface area contributed by atoms with Gasteiger partial charge in [0, 0.05) is 24.9 Å².